The Morgan fingerprint density at radius 1 is 0.667 bits per heavy atom. The van der Waals surface area contributed by atoms with E-state index in [9.17, 15) is 50.1 Å². The maximum Gasteiger partial charge on any atom is 0.391 e. The zero-order chi connectivity index (χ0) is 45.7. The average Bonchev–Trinajstić information content (AvgIpc) is 3.57. The lowest BCUT2D eigenvalue weighted by Crippen LogP contribution is -2.69. The number of nitrogens with one attached hydrogen (secondary N) is 1. The van der Waals surface area contributed by atoms with Crippen LogP contribution in [0.2, 0.25) is 5.02 Å². The Kier molecular flexibility index (Phi) is 10.8. The molecule has 0 bridgehead atoms. The van der Waals surface area contributed by atoms with Gasteiger partial charge in [0.05, 0.1) is 29.0 Å². The minimum Gasteiger partial charge on any atom is -0.509 e. The number of carbonyl (C=O) groups is 2. The Labute approximate surface area is 361 Å². The van der Waals surface area contributed by atoms with Gasteiger partial charge < -0.3 is 20.4 Å². The molecule has 6 nitrogen and oxygen atoms in total. The van der Waals surface area contributed by atoms with E-state index in [-0.39, 0.29) is 33.4 Å². The molecule has 332 valence electrons. The van der Waals surface area contributed by atoms with E-state index in [2.05, 4.69) is 5.32 Å². The van der Waals surface area contributed by atoms with Gasteiger partial charge in [-0.1, -0.05) is 41.9 Å². The first-order valence-corrected chi connectivity index (χ1v) is 20.7. The standard InChI is InChI=1S/C47H40ClF9N2O4/c1-22-4-10-31(25-5-8-30(48)9-6-25)24(3)37(22)39-41(61)45(58-42(39)62)17-14-29(47(55,56)57)21-36(45)59-43(63)38(40(60)44(59)15-12-28(13-16-44)46(52,53)54)32-18-27(20-34(50)23(32)2)26-7-11-33(49)35(51)19-26/h4-11,18-20,28-29,36,60-61H,12-17,21H2,1-3H3,(H,58,62)/t28-,29?,36?,44-,45?. The van der Waals surface area contributed by atoms with Crippen molar-refractivity contribution in [3.63, 3.8) is 0 Å². The molecule has 16 heteroatoms. The summed E-state index contributed by atoms with van der Waals surface area (Å²) in [6, 6.07) is 13.3. The molecule has 0 radical (unpaired) electrons. The van der Waals surface area contributed by atoms with E-state index in [4.69, 9.17) is 11.6 Å². The molecule has 2 amide bonds. The lowest BCUT2D eigenvalue weighted by atomic mass is 9.68. The summed E-state index contributed by atoms with van der Waals surface area (Å²) < 4.78 is 131. The van der Waals surface area contributed by atoms with Crippen LogP contribution in [0.15, 0.2) is 78.2 Å². The normalized spacial score (nSPS) is 25.5. The SMILES string of the molecule is Cc1ccc(-c2ccc(Cl)cc2)c(C)c1C1=C(O)C2(CCC(C(F)(F)F)CC2N2C(=O)C(c3cc(-c4ccc(F)c(F)c4)cc(F)c3C)=C(O)[C@]23CC[C@@H](C(F)(F)F)CC3)NC1=O. The van der Waals surface area contributed by atoms with Crippen LogP contribution in [0, 0.1) is 50.1 Å². The van der Waals surface area contributed by atoms with Crippen molar-refractivity contribution in [2.45, 2.75) is 95.2 Å². The van der Waals surface area contributed by atoms with E-state index in [1.165, 1.54) is 13.0 Å². The van der Waals surface area contributed by atoms with Gasteiger partial charge in [0, 0.05) is 5.02 Å². The molecule has 4 aliphatic rings. The Bertz CT molecular complexity index is 2630. The minimum absolute atomic E-state index is 0.0435. The topological polar surface area (TPSA) is 89.9 Å². The smallest absolute Gasteiger partial charge is 0.391 e. The van der Waals surface area contributed by atoms with E-state index in [1.54, 1.807) is 50.2 Å². The van der Waals surface area contributed by atoms with Crippen molar-refractivity contribution in [2.75, 3.05) is 0 Å². The molecular formula is C47H40ClF9N2O4. The number of hydrogen-bond acceptors (Lipinski definition) is 4. The first kappa shape index (κ1) is 44.2. The van der Waals surface area contributed by atoms with Gasteiger partial charge in [0.2, 0.25) is 0 Å². The molecule has 8 rings (SSSR count). The summed E-state index contributed by atoms with van der Waals surface area (Å²) in [6.07, 6.45) is -14.2. The third-order valence-electron chi connectivity index (χ3n) is 13.8. The number of carbonyl (C=O) groups excluding carboxylic acids is 2. The van der Waals surface area contributed by atoms with Gasteiger partial charge in [-0.05, 0) is 152 Å². The number of alkyl halides is 6. The van der Waals surface area contributed by atoms with Crippen LogP contribution in [0.3, 0.4) is 0 Å². The monoisotopic (exact) mass is 902 g/mol. The molecule has 2 saturated carbocycles. The summed E-state index contributed by atoms with van der Waals surface area (Å²) in [5, 5.41) is 28.1. The van der Waals surface area contributed by atoms with Crippen molar-refractivity contribution in [3.8, 4) is 22.3 Å². The summed E-state index contributed by atoms with van der Waals surface area (Å²) in [7, 11) is 0. The van der Waals surface area contributed by atoms with Crippen LogP contribution < -0.4 is 5.32 Å². The number of benzene rings is 4. The van der Waals surface area contributed by atoms with Gasteiger partial charge in [0.15, 0.2) is 11.6 Å². The average molecular weight is 903 g/mol. The predicted molar refractivity (Wildman–Crippen MR) is 218 cm³/mol. The first-order valence-electron chi connectivity index (χ1n) is 20.3. The van der Waals surface area contributed by atoms with Gasteiger partial charge >= 0.3 is 12.4 Å². The van der Waals surface area contributed by atoms with Gasteiger partial charge in [0.1, 0.15) is 28.4 Å². The molecular weight excluding hydrogens is 863 g/mol. The molecule has 0 saturated heterocycles. The fourth-order valence-corrected chi connectivity index (χ4v) is 10.5. The summed E-state index contributed by atoms with van der Waals surface area (Å²) in [4.78, 5) is 30.6. The van der Waals surface area contributed by atoms with E-state index in [0.29, 0.717) is 27.3 Å². The highest BCUT2D eigenvalue weighted by Gasteiger charge is 2.66. The van der Waals surface area contributed by atoms with Crippen LogP contribution in [0.25, 0.3) is 33.4 Å². The molecule has 3 N–H and O–H groups in total. The van der Waals surface area contributed by atoms with Crippen molar-refractivity contribution in [3.05, 3.63) is 129 Å². The van der Waals surface area contributed by atoms with E-state index in [0.717, 1.165) is 29.2 Å². The Morgan fingerprint density at radius 3 is 1.89 bits per heavy atom. The summed E-state index contributed by atoms with van der Waals surface area (Å²) >= 11 is 6.13. The van der Waals surface area contributed by atoms with Gasteiger partial charge in [-0.25, -0.2) is 13.2 Å². The van der Waals surface area contributed by atoms with Crippen LogP contribution in [0.5, 0.6) is 0 Å². The zero-order valence-electron chi connectivity index (χ0n) is 34.0. The second-order valence-corrected chi connectivity index (χ2v) is 17.6. The molecule has 0 aromatic heterocycles. The number of nitrogens with zero attached hydrogens (tertiary/aromatic N) is 1. The van der Waals surface area contributed by atoms with Crippen LogP contribution in [-0.2, 0) is 9.59 Å². The lowest BCUT2D eigenvalue weighted by Gasteiger charge is -2.54. The third-order valence-corrected chi connectivity index (χ3v) is 14.0. The number of halogens is 10. The van der Waals surface area contributed by atoms with Gasteiger partial charge in [-0.15, -0.1) is 0 Å². The third kappa shape index (κ3) is 7.14. The maximum absolute atomic E-state index is 15.9. The number of hydrogen-bond donors (Lipinski definition) is 3. The molecule has 2 aliphatic carbocycles. The Hall–Kier alpha value is -5.44. The summed E-state index contributed by atoms with van der Waals surface area (Å²) in [6.45, 7) is 4.61. The van der Waals surface area contributed by atoms with Crippen LogP contribution in [0.1, 0.15) is 72.8 Å². The van der Waals surface area contributed by atoms with Crippen molar-refractivity contribution < 1.29 is 59.3 Å². The zero-order valence-corrected chi connectivity index (χ0v) is 34.7. The highest BCUT2D eigenvalue weighted by molar-refractivity contribution is 6.30. The Morgan fingerprint density at radius 2 is 1.27 bits per heavy atom. The van der Waals surface area contributed by atoms with Crippen molar-refractivity contribution in [1.82, 2.24) is 10.2 Å². The number of aliphatic hydroxyl groups excluding tert-OH is 2. The number of amides is 2. The number of rotatable bonds is 5. The fraction of sp³-hybridized carbons (Fsp3) is 0.362. The van der Waals surface area contributed by atoms with Crippen molar-refractivity contribution in [2.24, 2.45) is 11.8 Å². The van der Waals surface area contributed by atoms with E-state index >= 15 is 9.18 Å². The first-order chi connectivity index (χ1) is 29.5. The second-order valence-electron chi connectivity index (χ2n) is 17.1. The quantitative estimate of drug-likeness (QED) is 0.174. The Balaban J connectivity index is 1.33. The molecule has 4 aromatic rings. The number of aliphatic hydroxyl groups is 2. The molecule has 2 heterocycles. The largest absolute Gasteiger partial charge is 0.509 e. The van der Waals surface area contributed by atoms with Crippen molar-refractivity contribution >= 4 is 34.6 Å². The second kappa shape index (κ2) is 15.4. The molecule has 2 spiro atoms. The molecule has 4 aromatic carbocycles. The van der Waals surface area contributed by atoms with Crippen LogP contribution in [0.4, 0.5) is 39.5 Å². The predicted octanol–water partition coefficient (Wildman–Crippen LogP) is 12.2. The van der Waals surface area contributed by atoms with E-state index < -0.39 is 133 Å². The summed E-state index contributed by atoms with van der Waals surface area (Å²) in [5.41, 5.74) is -3.18. The number of aryl methyl sites for hydroxylation is 1. The molecule has 2 fully saturated rings. The maximum atomic E-state index is 15.9. The van der Waals surface area contributed by atoms with Gasteiger partial charge in [-0.2, -0.15) is 26.3 Å². The molecule has 63 heavy (non-hydrogen) atoms. The highest BCUT2D eigenvalue weighted by Crippen LogP contribution is 2.58. The lowest BCUT2D eigenvalue weighted by molar-refractivity contribution is -0.201. The highest BCUT2D eigenvalue weighted by atomic mass is 35.5. The van der Waals surface area contributed by atoms with Crippen molar-refractivity contribution in [1.29, 1.82) is 0 Å². The molecule has 2 aliphatic heterocycles. The molecule has 3 atom stereocenters. The van der Waals surface area contributed by atoms with Crippen LogP contribution in [-0.4, -0.2) is 56.4 Å². The minimum atomic E-state index is -4.87. The van der Waals surface area contributed by atoms with Gasteiger partial charge in [0.25, 0.3) is 11.8 Å². The fourth-order valence-electron chi connectivity index (χ4n) is 10.4. The summed E-state index contributed by atoms with van der Waals surface area (Å²) in [5.74, 6) is -11.0. The van der Waals surface area contributed by atoms with E-state index in [1.807, 2.05) is 0 Å². The molecule has 3 unspecified atom stereocenters. The van der Waals surface area contributed by atoms with Gasteiger partial charge in [-0.3, -0.25) is 9.59 Å². The van der Waals surface area contributed by atoms with Crippen LogP contribution >= 0.6 is 11.6 Å².